The van der Waals surface area contributed by atoms with E-state index in [1.54, 1.807) is 0 Å². The maximum atomic E-state index is 13.5. The molecule has 88 valence electrons. The monoisotopic (exact) mass is 236 g/mol. The molecule has 2 rings (SSSR count). The second-order valence-corrected chi connectivity index (χ2v) is 3.43. The van der Waals surface area contributed by atoms with Gasteiger partial charge in [0.05, 0.1) is 18.4 Å². The second kappa shape index (κ2) is 4.94. The Morgan fingerprint density at radius 1 is 1.18 bits per heavy atom. The van der Waals surface area contributed by atoms with Crippen LogP contribution in [0, 0.1) is 11.6 Å². The number of nitrogens with one attached hydrogen (secondary N) is 1. The van der Waals surface area contributed by atoms with Crippen LogP contribution in [-0.2, 0) is 0 Å². The lowest BCUT2D eigenvalue weighted by atomic mass is 10.0. The van der Waals surface area contributed by atoms with Crippen molar-refractivity contribution in [2.24, 2.45) is 5.84 Å². The number of nitrogens with zero attached hydrogens (tertiary/aromatic N) is 2. The fraction of sp³-hybridized carbons (Fsp3) is 0.0909. The van der Waals surface area contributed by atoms with Crippen molar-refractivity contribution in [2.45, 2.75) is 6.04 Å². The lowest BCUT2D eigenvalue weighted by Gasteiger charge is -2.16. The van der Waals surface area contributed by atoms with Crippen LogP contribution in [0.4, 0.5) is 8.78 Å². The minimum absolute atomic E-state index is 0.287. The summed E-state index contributed by atoms with van der Waals surface area (Å²) in [7, 11) is 0. The Morgan fingerprint density at radius 2 is 2.00 bits per heavy atom. The molecular weight excluding hydrogens is 226 g/mol. The van der Waals surface area contributed by atoms with E-state index in [-0.39, 0.29) is 5.56 Å². The molecule has 2 aromatic rings. The summed E-state index contributed by atoms with van der Waals surface area (Å²) in [5.41, 5.74) is 3.16. The number of nitrogens with two attached hydrogens (primary N) is 1. The third-order valence-corrected chi connectivity index (χ3v) is 2.34. The minimum Gasteiger partial charge on any atom is -0.271 e. The van der Waals surface area contributed by atoms with Crippen LogP contribution in [0.3, 0.4) is 0 Å². The zero-order valence-electron chi connectivity index (χ0n) is 8.77. The molecule has 1 atom stereocenters. The first kappa shape index (κ1) is 11.6. The number of halogens is 2. The number of pyridine rings is 2. The van der Waals surface area contributed by atoms with Gasteiger partial charge in [0.1, 0.15) is 11.6 Å². The molecule has 6 heteroatoms. The van der Waals surface area contributed by atoms with Crippen molar-refractivity contribution in [2.75, 3.05) is 0 Å². The van der Waals surface area contributed by atoms with Crippen molar-refractivity contribution in [3.05, 3.63) is 59.7 Å². The van der Waals surface area contributed by atoms with Gasteiger partial charge in [-0.2, -0.15) is 0 Å². The number of hydrogen-bond acceptors (Lipinski definition) is 4. The van der Waals surface area contributed by atoms with Crippen LogP contribution in [0.5, 0.6) is 0 Å². The minimum atomic E-state index is -0.666. The number of hydrogen-bond donors (Lipinski definition) is 2. The maximum absolute atomic E-state index is 13.5. The lowest BCUT2D eigenvalue weighted by molar-refractivity contribution is 0.549. The summed E-state index contributed by atoms with van der Waals surface area (Å²) >= 11 is 0. The van der Waals surface area contributed by atoms with Crippen molar-refractivity contribution in [1.82, 2.24) is 15.4 Å². The summed E-state index contributed by atoms with van der Waals surface area (Å²) in [6, 6.07) is 2.06. The van der Waals surface area contributed by atoms with Gasteiger partial charge in [-0.3, -0.25) is 15.8 Å². The Hall–Kier alpha value is -1.92. The highest BCUT2D eigenvalue weighted by atomic mass is 19.1. The van der Waals surface area contributed by atoms with Gasteiger partial charge in [-0.15, -0.1) is 0 Å². The van der Waals surface area contributed by atoms with Gasteiger partial charge < -0.3 is 0 Å². The Balaban J connectivity index is 2.44. The molecular formula is C11H10F2N4. The Bertz CT molecular complexity index is 518. The summed E-state index contributed by atoms with van der Waals surface area (Å²) in [5.74, 6) is 4.35. The zero-order chi connectivity index (χ0) is 12.3. The van der Waals surface area contributed by atoms with Crippen molar-refractivity contribution >= 4 is 0 Å². The van der Waals surface area contributed by atoms with Crippen LogP contribution >= 0.6 is 0 Å². The molecule has 3 N–H and O–H groups in total. The van der Waals surface area contributed by atoms with E-state index in [1.807, 2.05) is 0 Å². The molecule has 4 nitrogen and oxygen atoms in total. The largest absolute Gasteiger partial charge is 0.271 e. The molecule has 0 saturated carbocycles. The van der Waals surface area contributed by atoms with Crippen LogP contribution in [0.2, 0.25) is 0 Å². The van der Waals surface area contributed by atoms with E-state index in [4.69, 9.17) is 5.84 Å². The fourth-order valence-electron chi connectivity index (χ4n) is 1.57. The Kier molecular flexibility index (Phi) is 3.36. The summed E-state index contributed by atoms with van der Waals surface area (Å²) in [6.07, 6.45) is 5.01. The molecule has 17 heavy (non-hydrogen) atoms. The van der Waals surface area contributed by atoms with Crippen LogP contribution < -0.4 is 11.3 Å². The van der Waals surface area contributed by atoms with Gasteiger partial charge in [0.2, 0.25) is 0 Å². The molecule has 0 aliphatic rings. The molecule has 0 bridgehead atoms. The highest BCUT2D eigenvalue weighted by molar-refractivity contribution is 5.29. The van der Waals surface area contributed by atoms with E-state index in [1.165, 1.54) is 24.5 Å². The first-order valence-electron chi connectivity index (χ1n) is 4.88. The summed E-state index contributed by atoms with van der Waals surface area (Å²) in [6.45, 7) is 0. The maximum Gasteiger partial charge on any atom is 0.146 e. The topological polar surface area (TPSA) is 63.8 Å². The fourth-order valence-corrected chi connectivity index (χ4v) is 1.57. The molecule has 0 aromatic carbocycles. The van der Waals surface area contributed by atoms with E-state index in [2.05, 4.69) is 15.4 Å². The highest BCUT2D eigenvalue weighted by Crippen LogP contribution is 2.22. The van der Waals surface area contributed by atoms with Gasteiger partial charge in [-0.1, -0.05) is 0 Å². The van der Waals surface area contributed by atoms with Gasteiger partial charge in [0.15, 0.2) is 0 Å². The van der Waals surface area contributed by atoms with Crippen LogP contribution in [0.15, 0.2) is 36.9 Å². The smallest absolute Gasteiger partial charge is 0.146 e. The van der Waals surface area contributed by atoms with E-state index in [9.17, 15) is 8.78 Å². The van der Waals surface area contributed by atoms with Crippen LogP contribution in [0.25, 0.3) is 0 Å². The predicted molar refractivity (Wildman–Crippen MR) is 57.6 cm³/mol. The van der Waals surface area contributed by atoms with Crippen molar-refractivity contribution in [3.63, 3.8) is 0 Å². The van der Waals surface area contributed by atoms with Crippen LogP contribution in [0.1, 0.15) is 17.2 Å². The average Bonchev–Trinajstić information content (AvgIpc) is 2.33. The third kappa shape index (κ3) is 2.43. The molecule has 0 aliphatic carbocycles. The number of aromatic nitrogens is 2. The molecule has 2 heterocycles. The van der Waals surface area contributed by atoms with E-state index < -0.39 is 17.7 Å². The van der Waals surface area contributed by atoms with Crippen LogP contribution in [-0.4, -0.2) is 9.97 Å². The molecule has 0 aliphatic heterocycles. The summed E-state index contributed by atoms with van der Waals surface area (Å²) in [5, 5.41) is 0. The normalized spacial score (nSPS) is 12.4. The zero-order valence-corrected chi connectivity index (χ0v) is 8.77. The molecule has 0 saturated heterocycles. The quantitative estimate of drug-likeness (QED) is 0.623. The number of rotatable bonds is 3. The van der Waals surface area contributed by atoms with Gasteiger partial charge in [0.25, 0.3) is 0 Å². The first-order chi connectivity index (χ1) is 8.22. The molecule has 0 radical (unpaired) electrons. The molecule has 2 aromatic heterocycles. The average molecular weight is 236 g/mol. The van der Waals surface area contributed by atoms with Crippen molar-refractivity contribution in [1.29, 1.82) is 0 Å². The highest BCUT2D eigenvalue weighted by Gasteiger charge is 2.17. The summed E-state index contributed by atoms with van der Waals surface area (Å²) < 4.78 is 26.6. The number of hydrazine groups is 1. The van der Waals surface area contributed by atoms with Gasteiger partial charge >= 0.3 is 0 Å². The Morgan fingerprint density at radius 3 is 2.65 bits per heavy atom. The second-order valence-electron chi connectivity index (χ2n) is 3.43. The predicted octanol–water partition coefficient (Wildman–Crippen LogP) is 1.31. The van der Waals surface area contributed by atoms with Gasteiger partial charge in [0, 0.05) is 18.0 Å². The van der Waals surface area contributed by atoms with Gasteiger partial charge in [-0.05, 0) is 17.7 Å². The van der Waals surface area contributed by atoms with Crippen molar-refractivity contribution < 1.29 is 8.78 Å². The molecule has 0 spiro atoms. The SMILES string of the molecule is NNC(c1cncc(F)c1)c1ccncc1F. The standard InChI is InChI=1S/C11H10F2N4/c12-8-3-7(4-16-5-8)11(17-14)9-1-2-15-6-10(9)13/h1-6,11,17H,14H2. The Labute approximate surface area is 96.5 Å². The van der Waals surface area contributed by atoms with Crippen molar-refractivity contribution in [3.8, 4) is 0 Å². The summed E-state index contributed by atoms with van der Waals surface area (Å²) in [4.78, 5) is 7.34. The molecule has 1 unspecified atom stereocenters. The lowest BCUT2D eigenvalue weighted by Crippen LogP contribution is -2.29. The first-order valence-corrected chi connectivity index (χ1v) is 4.88. The van der Waals surface area contributed by atoms with E-state index in [0.717, 1.165) is 12.4 Å². The van der Waals surface area contributed by atoms with E-state index >= 15 is 0 Å². The van der Waals surface area contributed by atoms with E-state index in [0.29, 0.717) is 5.56 Å². The molecule has 0 amide bonds. The van der Waals surface area contributed by atoms with Gasteiger partial charge in [-0.25, -0.2) is 14.2 Å². The third-order valence-electron chi connectivity index (χ3n) is 2.34. The molecule has 0 fully saturated rings.